The third-order valence-corrected chi connectivity index (χ3v) is 3.32. The van der Waals surface area contributed by atoms with Crippen LogP contribution in [-0.2, 0) is 0 Å². The summed E-state index contributed by atoms with van der Waals surface area (Å²) in [5.74, 6) is -1.05. The third kappa shape index (κ3) is 3.05. The number of nitrogens with one attached hydrogen (secondary N) is 1. The molecule has 0 bridgehead atoms. The van der Waals surface area contributed by atoms with Gasteiger partial charge in [0.2, 0.25) is 0 Å². The van der Waals surface area contributed by atoms with E-state index in [0.717, 1.165) is 12.1 Å². The summed E-state index contributed by atoms with van der Waals surface area (Å²) in [6.45, 7) is 1.49. The molecule has 104 valence electrons. The fraction of sp³-hybridized carbons (Fsp3) is 0.0714. The molecule has 0 aliphatic carbocycles. The first-order valence-corrected chi connectivity index (χ1v) is 6.49. The Labute approximate surface area is 125 Å². The summed E-state index contributed by atoms with van der Waals surface area (Å²) in [5.41, 5.74) is 6.78. The number of anilines is 2. The van der Waals surface area contributed by atoms with Crippen molar-refractivity contribution in [1.29, 1.82) is 0 Å². The second-order valence-corrected chi connectivity index (χ2v) is 5.11. The van der Waals surface area contributed by atoms with Crippen molar-refractivity contribution in [3.8, 4) is 0 Å². The van der Waals surface area contributed by atoms with E-state index in [1.165, 1.54) is 6.92 Å². The van der Waals surface area contributed by atoms with E-state index >= 15 is 0 Å². The second-order valence-electron chi connectivity index (χ2n) is 4.27. The van der Waals surface area contributed by atoms with Gasteiger partial charge in [0.15, 0.2) is 0 Å². The van der Waals surface area contributed by atoms with E-state index in [1.807, 2.05) is 0 Å². The lowest BCUT2D eigenvalue weighted by Crippen LogP contribution is -2.09. The molecule has 0 fully saturated rings. The molecule has 0 spiro atoms. The predicted octanol–water partition coefficient (Wildman–Crippen LogP) is 4.30. The smallest absolute Gasteiger partial charge is 0.147 e. The average molecular weight is 313 g/mol. The number of thiocarbonyl (C=S) groups is 1. The third-order valence-electron chi connectivity index (χ3n) is 2.77. The van der Waals surface area contributed by atoms with Crippen LogP contribution in [0.25, 0.3) is 0 Å². The van der Waals surface area contributed by atoms with Crippen molar-refractivity contribution in [2.24, 2.45) is 5.73 Å². The molecule has 0 aromatic heterocycles. The summed E-state index contributed by atoms with van der Waals surface area (Å²) in [7, 11) is 0. The molecular formula is C14H11ClF2N2S. The van der Waals surface area contributed by atoms with Crippen molar-refractivity contribution in [1.82, 2.24) is 0 Å². The van der Waals surface area contributed by atoms with Crippen LogP contribution in [0.4, 0.5) is 20.2 Å². The Morgan fingerprint density at radius 1 is 1.15 bits per heavy atom. The SMILES string of the molecule is Cc1cc(F)c(Nc2ccc(C(N)=S)cc2Cl)cc1F. The van der Waals surface area contributed by atoms with Crippen LogP contribution in [0.5, 0.6) is 0 Å². The zero-order valence-electron chi connectivity index (χ0n) is 10.5. The Balaban J connectivity index is 2.35. The van der Waals surface area contributed by atoms with E-state index < -0.39 is 11.6 Å². The van der Waals surface area contributed by atoms with Gasteiger partial charge in [0.1, 0.15) is 16.6 Å². The van der Waals surface area contributed by atoms with Gasteiger partial charge in [-0.25, -0.2) is 8.78 Å². The van der Waals surface area contributed by atoms with Crippen LogP contribution in [0.3, 0.4) is 0 Å². The molecule has 2 aromatic rings. The number of halogens is 3. The maximum atomic E-state index is 13.7. The Bertz CT molecular complexity index is 689. The van der Waals surface area contributed by atoms with E-state index in [-0.39, 0.29) is 16.2 Å². The van der Waals surface area contributed by atoms with Crippen LogP contribution in [0, 0.1) is 18.6 Å². The summed E-state index contributed by atoms with van der Waals surface area (Å²) in [6, 6.07) is 7.03. The minimum atomic E-state index is -0.557. The highest BCUT2D eigenvalue weighted by atomic mass is 35.5. The second kappa shape index (κ2) is 5.73. The summed E-state index contributed by atoms with van der Waals surface area (Å²) in [5, 5.41) is 3.06. The van der Waals surface area contributed by atoms with Gasteiger partial charge < -0.3 is 11.1 Å². The van der Waals surface area contributed by atoms with Crippen LogP contribution in [0.1, 0.15) is 11.1 Å². The van der Waals surface area contributed by atoms with Crippen LogP contribution >= 0.6 is 23.8 Å². The lowest BCUT2D eigenvalue weighted by Gasteiger charge is -2.11. The molecule has 0 heterocycles. The van der Waals surface area contributed by atoms with Crippen molar-refractivity contribution in [3.05, 3.63) is 58.1 Å². The van der Waals surface area contributed by atoms with Gasteiger partial charge in [0.05, 0.1) is 16.4 Å². The van der Waals surface area contributed by atoms with E-state index in [1.54, 1.807) is 18.2 Å². The Morgan fingerprint density at radius 3 is 2.45 bits per heavy atom. The molecule has 2 nitrogen and oxygen atoms in total. The van der Waals surface area contributed by atoms with Gasteiger partial charge in [-0.05, 0) is 36.8 Å². The number of aryl methyl sites for hydroxylation is 1. The van der Waals surface area contributed by atoms with Gasteiger partial charge >= 0.3 is 0 Å². The maximum absolute atomic E-state index is 13.7. The first-order chi connectivity index (χ1) is 9.38. The van der Waals surface area contributed by atoms with Crippen molar-refractivity contribution in [3.63, 3.8) is 0 Å². The lowest BCUT2D eigenvalue weighted by molar-refractivity contribution is 0.595. The van der Waals surface area contributed by atoms with Gasteiger partial charge in [-0.15, -0.1) is 0 Å². The Hall–Kier alpha value is -1.72. The Kier molecular flexibility index (Phi) is 4.20. The molecule has 3 N–H and O–H groups in total. The number of benzene rings is 2. The van der Waals surface area contributed by atoms with Crippen LogP contribution in [-0.4, -0.2) is 4.99 Å². The molecule has 2 rings (SSSR count). The molecule has 0 saturated carbocycles. The molecule has 20 heavy (non-hydrogen) atoms. The van der Waals surface area contributed by atoms with Crippen molar-refractivity contribution in [2.45, 2.75) is 6.92 Å². The molecular weight excluding hydrogens is 302 g/mol. The molecule has 0 radical (unpaired) electrons. The topological polar surface area (TPSA) is 38.0 Å². The van der Waals surface area contributed by atoms with E-state index in [4.69, 9.17) is 29.6 Å². The van der Waals surface area contributed by atoms with Gasteiger partial charge in [0, 0.05) is 11.6 Å². The largest absolute Gasteiger partial charge is 0.389 e. The highest BCUT2D eigenvalue weighted by Gasteiger charge is 2.10. The number of hydrogen-bond acceptors (Lipinski definition) is 2. The maximum Gasteiger partial charge on any atom is 0.147 e. The summed E-state index contributed by atoms with van der Waals surface area (Å²) in [4.78, 5) is 0.214. The highest BCUT2D eigenvalue weighted by molar-refractivity contribution is 7.80. The predicted molar refractivity (Wildman–Crippen MR) is 81.7 cm³/mol. The molecule has 2 aromatic carbocycles. The zero-order valence-corrected chi connectivity index (χ0v) is 12.1. The molecule has 0 amide bonds. The number of rotatable bonds is 3. The fourth-order valence-corrected chi connectivity index (χ4v) is 2.01. The summed E-state index contributed by atoms with van der Waals surface area (Å²) in [6.07, 6.45) is 0. The quantitative estimate of drug-likeness (QED) is 0.830. The standard InChI is InChI=1S/C14H11ClF2N2S/c1-7-4-11(17)13(6-10(7)16)19-12-3-2-8(14(18)20)5-9(12)15/h2-6,19H,1H3,(H2,18,20). The first kappa shape index (κ1) is 14.7. The Morgan fingerprint density at radius 2 is 1.85 bits per heavy atom. The summed E-state index contributed by atoms with van der Waals surface area (Å²) >= 11 is 10.9. The average Bonchev–Trinajstić information content (AvgIpc) is 2.37. The van der Waals surface area contributed by atoms with Crippen molar-refractivity contribution >= 4 is 40.2 Å². The fourth-order valence-electron chi connectivity index (χ4n) is 1.66. The van der Waals surface area contributed by atoms with Crippen LogP contribution in [0.2, 0.25) is 5.02 Å². The van der Waals surface area contributed by atoms with E-state index in [0.29, 0.717) is 16.3 Å². The molecule has 0 aliphatic rings. The molecule has 0 unspecified atom stereocenters. The molecule has 0 saturated heterocycles. The van der Waals surface area contributed by atoms with Gasteiger partial charge in [-0.1, -0.05) is 23.8 Å². The minimum absolute atomic E-state index is 0.0121. The van der Waals surface area contributed by atoms with Gasteiger partial charge in [-0.2, -0.15) is 0 Å². The van der Waals surface area contributed by atoms with Crippen LogP contribution in [0.15, 0.2) is 30.3 Å². The number of nitrogens with two attached hydrogens (primary N) is 1. The minimum Gasteiger partial charge on any atom is -0.389 e. The summed E-state index contributed by atoms with van der Waals surface area (Å²) < 4.78 is 27.2. The monoisotopic (exact) mass is 312 g/mol. The lowest BCUT2D eigenvalue weighted by atomic mass is 10.1. The van der Waals surface area contributed by atoms with E-state index in [9.17, 15) is 8.78 Å². The molecule has 0 aliphatic heterocycles. The van der Waals surface area contributed by atoms with Crippen molar-refractivity contribution < 1.29 is 8.78 Å². The number of hydrogen-bond donors (Lipinski definition) is 2. The molecule has 6 heteroatoms. The van der Waals surface area contributed by atoms with E-state index in [2.05, 4.69) is 5.32 Å². The van der Waals surface area contributed by atoms with Crippen molar-refractivity contribution in [2.75, 3.05) is 5.32 Å². The van der Waals surface area contributed by atoms with Gasteiger partial charge in [0.25, 0.3) is 0 Å². The van der Waals surface area contributed by atoms with Gasteiger partial charge in [-0.3, -0.25) is 0 Å². The zero-order chi connectivity index (χ0) is 14.9. The highest BCUT2D eigenvalue weighted by Crippen LogP contribution is 2.29. The molecule has 0 atom stereocenters. The van der Waals surface area contributed by atoms with Crippen LogP contribution < -0.4 is 11.1 Å². The normalized spacial score (nSPS) is 10.4. The first-order valence-electron chi connectivity index (χ1n) is 5.70.